The Morgan fingerprint density at radius 2 is 1.02 bits per heavy atom. The van der Waals surface area contributed by atoms with E-state index in [1.165, 1.54) is 11.1 Å². The van der Waals surface area contributed by atoms with Gasteiger partial charge in [0.15, 0.2) is 0 Å². The average molecular weight is 632 g/mol. The molecular formula is C38H56SiZr. The summed E-state index contributed by atoms with van der Waals surface area (Å²) in [5.41, 5.74) is 15.7. The Balaban J connectivity index is 0.000000666. The normalized spacial score (nSPS) is 20.5. The monoisotopic (exact) mass is 630 g/mol. The number of allylic oxidation sites excluding steroid dienone is 2. The molecule has 0 saturated carbocycles. The summed E-state index contributed by atoms with van der Waals surface area (Å²) in [7, 11) is 0.543. The van der Waals surface area contributed by atoms with Crippen molar-refractivity contribution in [2.45, 2.75) is 138 Å². The molecule has 1 fully saturated rings. The van der Waals surface area contributed by atoms with E-state index in [1.807, 2.05) is 0 Å². The molecule has 2 unspecified atom stereocenters. The van der Waals surface area contributed by atoms with Gasteiger partial charge in [-0.25, -0.2) is 0 Å². The molecular weight excluding hydrogens is 576 g/mol. The van der Waals surface area contributed by atoms with Crippen molar-refractivity contribution in [1.29, 1.82) is 0 Å². The Bertz CT molecular complexity index is 1160. The van der Waals surface area contributed by atoms with Crippen LogP contribution in [0.4, 0.5) is 0 Å². The summed E-state index contributed by atoms with van der Waals surface area (Å²) in [4.78, 5) is 0. The fourth-order valence-corrected chi connectivity index (χ4v) is 13.0. The minimum atomic E-state index is -0.612. The van der Waals surface area contributed by atoms with Crippen molar-refractivity contribution in [3.05, 3.63) is 79.9 Å². The van der Waals surface area contributed by atoms with E-state index in [1.54, 1.807) is 69.5 Å². The van der Waals surface area contributed by atoms with E-state index in [4.69, 9.17) is 0 Å². The quantitative estimate of drug-likeness (QED) is 0.267. The first-order valence-corrected chi connectivity index (χ1v) is 22.2. The van der Waals surface area contributed by atoms with Crippen LogP contribution < -0.4 is 0 Å². The Kier molecular flexibility index (Phi) is 10.8. The van der Waals surface area contributed by atoms with E-state index in [0.29, 0.717) is 45.0 Å². The summed E-state index contributed by atoms with van der Waals surface area (Å²) in [6.45, 7) is 23.7. The van der Waals surface area contributed by atoms with Crippen molar-refractivity contribution in [3.63, 3.8) is 0 Å². The number of hydrogen-bond acceptors (Lipinski definition) is 0. The van der Waals surface area contributed by atoms with Crippen LogP contribution in [-0.2, 0) is 23.2 Å². The number of hydrogen-bond donors (Lipinski definition) is 0. The third-order valence-electron chi connectivity index (χ3n) is 9.81. The van der Waals surface area contributed by atoms with Gasteiger partial charge in [0.2, 0.25) is 0 Å². The fraction of sp³-hybridized carbons (Fsp3) is 0.579. The van der Waals surface area contributed by atoms with Gasteiger partial charge in [-0.1, -0.05) is 24.9 Å². The van der Waals surface area contributed by atoms with Crippen LogP contribution in [0.15, 0.2) is 35.4 Å². The Morgan fingerprint density at radius 3 is 1.30 bits per heavy atom. The van der Waals surface area contributed by atoms with Gasteiger partial charge in [-0.2, -0.15) is 0 Å². The summed E-state index contributed by atoms with van der Waals surface area (Å²) < 4.78 is 3.34. The molecule has 0 aromatic heterocycles. The number of fused-ring (bicyclic) bond motifs is 2. The fourth-order valence-electron chi connectivity index (χ4n) is 7.40. The molecule has 0 N–H and O–H groups in total. The van der Waals surface area contributed by atoms with Crippen LogP contribution in [0.3, 0.4) is 0 Å². The summed E-state index contributed by atoms with van der Waals surface area (Å²) >= 11 is -0.612. The van der Waals surface area contributed by atoms with Gasteiger partial charge in [-0.3, -0.25) is 0 Å². The third kappa shape index (κ3) is 6.49. The molecule has 0 amide bonds. The molecule has 2 aliphatic carbocycles. The van der Waals surface area contributed by atoms with Crippen molar-refractivity contribution in [2.75, 3.05) is 0 Å². The molecule has 0 nitrogen and oxygen atoms in total. The molecule has 1 aliphatic heterocycles. The van der Waals surface area contributed by atoms with E-state index >= 15 is 0 Å². The standard InChI is InChI=1S/C33H43.C4H10Si.CH3.Zr/c1-18(2)24-13-26(20(5)6)30-11-22(9)28(32(30)15-24)17-29-23(10)12-31-27(21(7)8)14-25(19(3)4)16-33(29)31;1-2-4-5-3-1;;/h11-21,28-29H,1-10H3;1-5H2;1H3;. The Labute approximate surface area is 261 Å². The molecule has 2 aromatic rings. The van der Waals surface area contributed by atoms with Gasteiger partial charge < -0.3 is 0 Å². The molecule has 1 heterocycles. The van der Waals surface area contributed by atoms with E-state index < -0.39 is 23.2 Å². The Hall–Kier alpha value is -0.980. The van der Waals surface area contributed by atoms with Crippen molar-refractivity contribution in [1.82, 2.24) is 0 Å². The van der Waals surface area contributed by atoms with Crippen molar-refractivity contribution >= 4 is 21.7 Å². The maximum absolute atomic E-state index is 2.59. The maximum atomic E-state index is 2.59. The average Bonchev–Trinajstić information content (AvgIpc) is 3.64. The summed E-state index contributed by atoms with van der Waals surface area (Å²) in [6.07, 6.45) is 8.24. The molecule has 2 atom stereocenters. The second-order valence-corrected chi connectivity index (χ2v) is 19.3. The minimum absolute atomic E-state index is 0.543. The Morgan fingerprint density at radius 1 is 0.625 bits per heavy atom. The van der Waals surface area contributed by atoms with Gasteiger partial charge in [0, 0.05) is 9.52 Å². The van der Waals surface area contributed by atoms with Crippen LogP contribution >= 0.6 is 0 Å². The summed E-state index contributed by atoms with van der Waals surface area (Å²) in [5.74, 6) is 3.39. The predicted octanol–water partition coefficient (Wildman–Crippen LogP) is 11.6. The van der Waals surface area contributed by atoms with Gasteiger partial charge in [0.1, 0.15) is 0 Å². The van der Waals surface area contributed by atoms with Crippen LogP contribution in [0.2, 0.25) is 20.3 Å². The van der Waals surface area contributed by atoms with Crippen molar-refractivity contribution in [2.24, 2.45) is 0 Å². The van der Waals surface area contributed by atoms with Crippen LogP contribution in [-0.4, -0.2) is 9.52 Å². The van der Waals surface area contributed by atoms with E-state index in [2.05, 4.69) is 110 Å². The van der Waals surface area contributed by atoms with Gasteiger partial charge in [-0.05, 0) is 0 Å². The zero-order valence-electron chi connectivity index (χ0n) is 27.5. The topological polar surface area (TPSA) is 0 Å². The second-order valence-electron chi connectivity index (χ2n) is 14.2. The predicted molar refractivity (Wildman–Crippen MR) is 179 cm³/mol. The van der Waals surface area contributed by atoms with Crippen LogP contribution in [0.25, 0.3) is 12.2 Å². The zero-order chi connectivity index (χ0) is 29.3. The van der Waals surface area contributed by atoms with Crippen LogP contribution in [0, 0.1) is 0 Å². The molecule has 1 saturated heterocycles. The zero-order valence-corrected chi connectivity index (χ0v) is 31.4. The second kappa shape index (κ2) is 13.5. The summed E-state index contributed by atoms with van der Waals surface area (Å²) in [6, 6.07) is 13.5. The molecule has 0 bridgehead atoms. The van der Waals surface area contributed by atoms with E-state index in [0.717, 1.165) is 3.63 Å². The van der Waals surface area contributed by atoms with Gasteiger partial charge >= 0.3 is 228 Å². The molecule has 216 valence electrons. The molecule has 5 rings (SSSR count). The molecule has 40 heavy (non-hydrogen) atoms. The molecule has 0 radical (unpaired) electrons. The SMILES string of the molecule is C1CC[SiH2]C1.[CH3][Zr][CH](C1C(C)=Cc2c(C(C)C)cc(C(C)C)cc21)C1C(C)=Cc2c(C(C)C)cc(C(C)C)cc21. The van der Waals surface area contributed by atoms with Gasteiger partial charge in [-0.15, -0.1) is 0 Å². The third-order valence-corrected chi connectivity index (χ3v) is 15.1. The van der Waals surface area contributed by atoms with E-state index in [9.17, 15) is 0 Å². The molecule has 2 aromatic carbocycles. The van der Waals surface area contributed by atoms with Crippen LogP contribution in [0.1, 0.15) is 162 Å². The molecule has 3 aliphatic rings. The first-order chi connectivity index (χ1) is 19.0. The van der Waals surface area contributed by atoms with Gasteiger partial charge in [0.25, 0.3) is 0 Å². The van der Waals surface area contributed by atoms with Crippen LogP contribution in [0.5, 0.6) is 0 Å². The first-order valence-electron chi connectivity index (χ1n) is 16.3. The first kappa shape index (κ1) is 31.9. The number of benzene rings is 2. The molecule has 2 heteroatoms. The molecule has 0 spiro atoms. The number of rotatable bonds is 7. The summed E-state index contributed by atoms with van der Waals surface area (Å²) in [5, 5.41) is 0. The van der Waals surface area contributed by atoms with E-state index in [-0.39, 0.29) is 0 Å². The van der Waals surface area contributed by atoms with Gasteiger partial charge in [0.05, 0.1) is 0 Å². The van der Waals surface area contributed by atoms with Crippen molar-refractivity contribution < 1.29 is 23.2 Å². The van der Waals surface area contributed by atoms with Crippen molar-refractivity contribution in [3.8, 4) is 0 Å².